The Morgan fingerprint density at radius 2 is 1.81 bits per heavy atom. The molecule has 0 aliphatic heterocycles. The number of amides is 2. The van der Waals surface area contributed by atoms with Crippen LogP contribution in [-0.2, 0) is 4.79 Å². The van der Waals surface area contributed by atoms with Crippen LogP contribution in [0.1, 0.15) is 46.1 Å². The largest absolute Gasteiger partial charge is 0.495 e. The van der Waals surface area contributed by atoms with Crippen molar-refractivity contribution >= 4 is 34.9 Å². The zero-order valence-corrected chi connectivity index (χ0v) is 19.6. The van der Waals surface area contributed by atoms with Crippen LogP contribution in [-0.4, -0.2) is 35.2 Å². The average Bonchev–Trinajstić information content (AvgIpc) is 3.62. The highest BCUT2D eigenvalue weighted by atomic mass is 19.1. The number of halogens is 1. The summed E-state index contributed by atoms with van der Waals surface area (Å²) in [6, 6.07) is 17.9. The fourth-order valence-corrected chi connectivity index (χ4v) is 4.03. The van der Waals surface area contributed by atoms with E-state index in [9.17, 15) is 14.0 Å². The van der Waals surface area contributed by atoms with Gasteiger partial charge >= 0.3 is 0 Å². The lowest BCUT2D eigenvalue weighted by molar-refractivity contribution is -0.123. The average molecular weight is 485 g/mol. The third-order valence-corrected chi connectivity index (χ3v) is 6.06. The van der Waals surface area contributed by atoms with E-state index < -0.39 is 11.9 Å². The number of aromatic amines is 1. The van der Waals surface area contributed by atoms with Crippen molar-refractivity contribution in [3.8, 4) is 5.75 Å². The lowest BCUT2D eigenvalue weighted by Gasteiger charge is -2.20. The first kappa shape index (κ1) is 23.3. The SMILES string of the molecule is COc1c(C(=O)N[C@H](C(=O)NC2CC2)c2ccccc2)ccc2[nH]nc(C=Cc3ccc(F)cc3)c12. The van der Waals surface area contributed by atoms with Crippen molar-refractivity contribution in [2.45, 2.75) is 24.9 Å². The summed E-state index contributed by atoms with van der Waals surface area (Å²) >= 11 is 0. The molecule has 0 saturated heterocycles. The summed E-state index contributed by atoms with van der Waals surface area (Å²) in [5, 5.41) is 13.8. The van der Waals surface area contributed by atoms with Gasteiger partial charge < -0.3 is 15.4 Å². The molecule has 0 spiro atoms. The summed E-state index contributed by atoms with van der Waals surface area (Å²) in [5.74, 6) is -0.659. The summed E-state index contributed by atoms with van der Waals surface area (Å²) in [6.45, 7) is 0. The van der Waals surface area contributed by atoms with Crippen LogP contribution in [0.4, 0.5) is 4.39 Å². The number of carbonyl (C=O) groups excluding carboxylic acids is 2. The zero-order chi connectivity index (χ0) is 25.1. The number of rotatable bonds is 8. The topological polar surface area (TPSA) is 96.1 Å². The standard InChI is InChI=1S/C28H25FN4O3/c1-36-26-21(27(34)31-25(18-5-3-2-4-6-18)28(35)30-20-12-13-20)14-16-23-24(26)22(32-33-23)15-9-17-7-10-19(29)11-8-17/h2-11,14-16,20,25H,12-13H2,1H3,(H,30,35)(H,31,34)(H,32,33)/t25-/m0/s1. The summed E-state index contributed by atoms with van der Waals surface area (Å²) in [5.41, 5.74) is 3.02. The van der Waals surface area contributed by atoms with Gasteiger partial charge in [0.1, 0.15) is 17.6 Å². The first-order valence-corrected chi connectivity index (χ1v) is 11.7. The molecule has 1 heterocycles. The second-order valence-corrected chi connectivity index (χ2v) is 8.66. The maximum absolute atomic E-state index is 13.4. The monoisotopic (exact) mass is 484 g/mol. The van der Waals surface area contributed by atoms with Crippen LogP contribution < -0.4 is 15.4 Å². The van der Waals surface area contributed by atoms with E-state index in [0.29, 0.717) is 27.9 Å². The molecule has 1 aliphatic carbocycles. The molecule has 0 radical (unpaired) electrons. The molecule has 1 saturated carbocycles. The van der Waals surface area contributed by atoms with Crippen molar-refractivity contribution in [1.82, 2.24) is 20.8 Å². The highest BCUT2D eigenvalue weighted by Crippen LogP contribution is 2.33. The molecule has 5 rings (SSSR count). The molecule has 1 aromatic heterocycles. The van der Waals surface area contributed by atoms with Crippen molar-refractivity contribution < 1.29 is 18.7 Å². The van der Waals surface area contributed by atoms with Crippen molar-refractivity contribution in [3.63, 3.8) is 0 Å². The Labute approximate surface area is 207 Å². The minimum absolute atomic E-state index is 0.160. The van der Waals surface area contributed by atoms with Crippen LogP contribution in [0.25, 0.3) is 23.1 Å². The number of hydrogen-bond acceptors (Lipinski definition) is 4. The minimum atomic E-state index is -0.845. The molecule has 4 aromatic rings. The maximum Gasteiger partial charge on any atom is 0.255 e. The Kier molecular flexibility index (Phi) is 6.49. The number of benzene rings is 3. The third kappa shape index (κ3) is 4.98. The van der Waals surface area contributed by atoms with E-state index in [0.717, 1.165) is 18.4 Å². The Morgan fingerprint density at radius 1 is 1.06 bits per heavy atom. The molecule has 3 N–H and O–H groups in total. The molecular formula is C28H25FN4O3. The highest BCUT2D eigenvalue weighted by Gasteiger charge is 2.30. The number of aromatic nitrogens is 2. The molecule has 182 valence electrons. The first-order valence-electron chi connectivity index (χ1n) is 11.7. The van der Waals surface area contributed by atoms with Gasteiger partial charge in [0.05, 0.1) is 29.3 Å². The number of nitrogens with zero attached hydrogens (tertiary/aromatic N) is 1. The van der Waals surface area contributed by atoms with Gasteiger partial charge in [-0.05, 0) is 54.3 Å². The molecule has 1 aliphatic rings. The summed E-state index contributed by atoms with van der Waals surface area (Å²) in [4.78, 5) is 26.4. The van der Waals surface area contributed by atoms with Crippen LogP contribution in [0.2, 0.25) is 0 Å². The molecule has 0 bridgehead atoms. The quantitative estimate of drug-likeness (QED) is 0.340. The van der Waals surface area contributed by atoms with Gasteiger partial charge in [-0.1, -0.05) is 48.5 Å². The molecule has 7 nitrogen and oxygen atoms in total. The Balaban J connectivity index is 1.46. The van der Waals surface area contributed by atoms with E-state index in [1.807, 2.05) is 30.3 Å². The van der Waals surface area contributed by atoms with Gasteiger partial charge in [-0.25, -0.2) is 4.39 Å². The van der Waals surface area contributed by atoms with E-state index in [1.165, 1.54) is 19.2 Å². The second kappa shape index (κ2) is 10.0. The van der Waals surface area contributed by atoms with E-state index >= 15 is 0 Å². The molecule has 1 atom stereocenters. The fourth-order valence-electron chi connectivity index (χ4n) is 4.03. The lowest BCUT2D eigenvalue weighted by atomic mass is 10.0. The molecule has 3 aromatic carbocycles. The van der Waals surface area contributed by atoms with Crippen molar-refractivity contribution in [1.29, 1.82) is 0 Å². The summed E-state index contributed by atoms with van der Waals surface area (Å²) in [6.07, 6.45) is 5.46. The second-order valence-electron chi connectivity index (χ2n) is 8.66. The smallest absolute Gasteiger partial charge is 0.255 e. The first-order chi connectivity index (χ1) is 17.5. The van der Waals surface area contributed by atoms with Crippen LogP contribution in [0, 0.1) is 5.82 Å². The Hall–Kier alpha value is -4.46. The van der Waals surface area contributed by atoms with Gasteiger partial charge in [0.15, 0.2) is 0 Å². The third-order valence-electron chi connectivity index (χ3n) is 6.06. The normalized spacial score (nSPS) is 14.1. The van der Waals surface area contributed by atoms with Gasteiger partial charge in [0, 0.05) is 6.04 Å². The maximum atomic E-state index is 13.4. The molecule has 1 fully saturated rings. The predicted molar refractivity (Wildman–Crippen MR) is 136 cm³/mol. The number of methoxy groups -OCH3 is 1. The van der Waals surface area contributed by atoms with E-state index in [-0.39, 0.29) is 23.3 Å². The minimum Gasteiger partial charge on any atom is -0.495 e. The molecule has 8 heteroatoms. The van der Waals surface area contributed by atoms with Crippen LogP contribution in [0.3, 0.4) is 0 Å². The molecule has 0 unspecified atom stereocenters. The number of H-pyrrole nitrogens is 1. The number of hydrogen-bond donors (Lipinski definition) is 3. The van der Waals surface area contributed by atoms with E-state index in [2.05, 4.69) is 20.8 Å². The van der Waals surface area contributed by atoms with E-state index in [4.69, 9.17) is 4.74 Å². The Bertz CT molecular complexity index is 1430. The fraction of sp³-hybridized carbons (Fsp3) is 0.179. The summed E-state index contributed by atoms with van der Waals surface area (Å²) in [7, 11) is 1.49. The summed E-state index contributed by atoms with van der Waals surface area (Å²) < 4.78 is 18.9. The number of fused-ring (bicyclic) bond motifs is 1. The number of carbonyl (C=O) groups is 2. The highest BCUT2D eigenvalue weighted by molar-refractivity contribution is 6.06. The van der Waals surface area contributed by atoms with Crippen LogP contribution >= 0.6 is 0 Å². The van der Waals surface area contributed by atoms with Crippen molar-refractivity contribution in [2.75, 3.05) is 7.11 Å². The Morgan fingerprint density at radius 3 is 2.50 bits per heavy atom. The van der Waals surface area contributed by atoms with Gasteiger partial charge in [-0.3, -0.25) is 14.7 Å². The van der Waals surface area contributed by atoms with Crippen LogP contribution in [0.5, 0.6) is 5.75 Å². The van der Waals surface area contributed by atoms with Gasteiger partial charge in [-0.15, -0.1) is 0 Å². The lowest BCUT2D eigenvalue weighted by Crippen LogP contribution is -2.41. The number of ether oxygens (including phenoxy) is 1. The zero-order valence-electron chi connectivity index (χ0n) is 19.6. The van der Waals surface area contributed by atoms with E-state index in [1.54, 1.807) is 36.4 Å². The van der Waals surface area contributed by atoms with Gasteiger partial charge in [0.25, 0.3) is 5.91 Å². The number of nitrogens with one attached hydrogen (secondary N) is 3. The predicted octanol–water partition coefficient (Wildman–Crippen LogP) is 4.63. The van der Waals surface area contributed by atoms with Gasteiger partial charge in [0.2, 0.25) is 5.91 Å². The van der Waals surface area contributed by atoms with Crippen molar-refractivity contribution in [3.05, 3.63) is 94.9 Å². The van der Waals surface area contributed by atoms with Crippen LogP contribution in [0.15, 0.2) is 66.7 Å². The molecule has 2 amide bonds. The van der Waals surface area contributed by atoms with Crippen molar-refractivity contribution in [2.24, 2.45) is 0 Å². The molecule has 36 heavy (non-hydrogen) atoms. The molecular weight excluding hydrogens is 459 g/mol. The van der Waals surface area contributed by atoms with Gasteiger partial charge in [-0.2, -0.15) is 5.10 Å².